The third-order valence-corrected chi connectivity index (χ3v) is 5.45. The molecule has 1 heterocycles. The molecule has 0 saturated carbocycles. The number of benzene rings is 1. The molecule has 1 aromatic carbocycles. The van der Waals surface area contributed by atoms with Crippen LogP contribution >= 0.6 is 11.8 Å². The molecule has 1 fully saturated rings. The number of aromatic hydroxyl groups is 1. The first kappa shape index (κ1) is 14.9. The lowest BCUT2D eigenvalue weighted by Gasteiger charge is -2.31. The lowest BCUT2D eigenvalue weighted by Crippen LogP contribution is -2.38. The highest BCUT2D eigenvalue weighted by molar-refractivity contribution is 7.99. The van der Waals surface area contributed by atoms with E-state index in [1.807, 2.05) is 7.05 Å². The molecule has 1 atom stereocenters. The monoisotopic (exact) mass is 298 g/mol. The zero-order chi connectivity index (χ0) is 15.1. The van der Waals surface area contributed by atoms with Crippen molar-refractivity contribution in [3.05, 3.63) is 27.8 Å². The number of hydrogen-bond donors (Lipinski definition) is 1. The molecule has 1 N–H and O–H groups in total. The summed E-state index contributed by atoms with van der Waals surface area (Å²) in [5, 5.41) is 21.1. The summed E-state index contributed by atoms with van der Waals surface area (Å²) in [5.41, 5.74) is 0.419. The molecule has 0 bridgehead atoms. The van der Waals surface area contributed by atoms with Gasteiger partial charge in [0.2, 0.25) is 0 Å². The average Bonchev–Trinajstić information content (AvgIpc) is 2.65. The Kier molecular flexibility index (Phi) is 3.84. The van der Waals surface area contributed by atoms with Gasteiger partial charge in [-0.05, 0) is 20.9 Å². The molecule has 0 spiro atoms. The molecular weight excluding hydrogens is 280 g/mol. The van der Waals surface area contributed by atoms with Gasteiger partial charge in [-0.2, -0.15) is 0 Å². The van der Waals surface area contributed by atoms with Crippen molar-refractivity contribution in [1.29, 1.82) is 0 Å². The summed E-state index contributed by atoms with van der Waals surface area (Å²) in [6, 6.07) is 2.66. The maximum Gasteiger partial charge on any atom is 0.273 e. The van der Waals surface area contributed by atoms with Crippen molar-refractivity contribution < 1.29 is 14.8 Å². The molecular formula is C13H18N2O4S. The van der Waals surface area contributed by atoms with Crippen LogP contribution in [0.1, 0.15) is 24.8 Å². The molecule has 110 valence electrons. The van der Waals surface area contributed by atoms with Gasteiger partial charge in [-0.15, -0.1) is 11.8 Å². The maximum atomic E-state index is 11.0. The van der Waals surface area contributed by atoms with E-state index in [1.165, 1.54) is 19.2 Å². The number of non-ortho nitro benzene ring substituents is 1. The molecule has 1 unspecified atom stereocenters. The van der Waals surface area contributed by atoms with Gasteiger partial charge in [0.05, 0.1) is 23.5 Å². The van der Waals surface area contributed by atoms with Crippen molar-refractivity contribution in [1.82, 2.24) is 4.90 Å². The molecule has 1 aliphatic rings. The van der Waals surface area contributed by atoms with E-state index < -0.39 is 4.92 Å². The van der Waals surface area contributed by atoms with Crippen LogP contribution in [-0.4, -0.2) is 40.4 Å². The molecule has 1 saturated heterocycles. The molecule has 1 aliphatic heterocycles. The van der Waals surface area contributed by atoms with Crippen molar-refractivity contribution in [3.63, 3.8) is 0 Å². The third kappa shape index (κ3) is 2.43. The fourth-order valence-electron chi connectivity index (χ4n) is 2.18. The summed E-state index contributed by atoms with van der Waals surface area (Å²) in [5.74, 6) is 0.992. The Labute approximate surface area is 121 Å². The number of ether oxygens (including phenoxy) is 1. The first-order valence-corrected chi connectivity index (χ1v) is 7.22. The number of nitro benzene ring substituents is 1. The zero-order valence-corrected chi connectivity index (χ0v) is 12.7. The first-order valence-electron chi connectivity index (χ1n) is 6.18. The minimum atomic E-state index is -0.476. The number of nitro groups is 1. The van der Waals surface area contributed by atoms with Crippen LogP contribution in [0, 0.1) is 10.1 Å². The van der Waals surface area contributed by atoms with Crippen molar-refractivity contribution in [2.24, 2.45) is 0 Å². The summed E-state index contributed by atoms with van der Waals surface area (Å²) in [6.07, 6.45) is 0. The maximum absolute atomic E-state index is 11.0. The van der Waals surface area contributed by atoms with E-state index in [2.05, 4.69) is 18.7 Å². The van der Waals surface area contributed by atoms with Crippen LogP contribution in [0.3, 0.4) is 0 Å². The van der Waals surface area contributed by atoms with Gasteiger partial charge in [-0.25, -0.2) is 0 Å². The second kappa shape index (κ2) is 5.14. The Balaban J connectivity index is 2.51. The van der Waals surface area contributed by atoms with Crippen LogP contribution in [0.25, 0.3) is 0 Å². The van der Waals surface area contributed by atoms with E-state index in [0.717, 1.165) is 5.75 Å². The molecule has 2 rings (SSSR count). The number of phenolic OH excluding ortho intramolecular Hbond substituents is 1. The summed E-state index contributed by atoms with van der Waals surface area (Å²) in [7, 11) is 3.34. The van der Waals surface area contributed by atoms with Crippen molar-refractivity contribution >= 4 is 17.4 Å². The van der Waals surface area contributed by atoms with Gasteiger partial charge in [0.25, 0.3) is 5.69 Å². The van der Waals surface area contributed by atoms with E-state index in [9.17, 15) is 15.2 Å². The van der Waals surface area contributed by atoms with E-state index in [1.54, 1.807) is 11.8 Å². The van der Waals surface area contributed by atoms with Gasteiger partial charge in [0.1, 0.15) is 0 Å². The number of nitrogens with zero attached hydrogens (tertiary/aromatic N) is 2. The molecule has 20 heavy (non-hydrogen) atoms. The fraction of sp³-hybridized carbons (Fsp3) is 0.538. The molecule has 0 aliphatic carbocycles. The summed E-state index contributed by atoms with van der Waals surface area (Å²) in [4.78, 5) is 12.6. The topological polar surface area (TPSA) is 75.8 Å². The van der Waals surface area contributed by atoms with Crippen molar-refractivity contribution in [2.75, 3.05) is 19.9 Å². The first-order chi connectivity index (χ1) is 9.27. The Hall–Kier alpha value is -1.47. The Morgan fingerprint density at radius 1 is 1.55 bits per heavy atom. The van der Waals surface area contributed by atoms with Gasteiger partial charge in [0.15, 0.2) is 11.5 Å². The lowest BCUT2D eigenvalue weighted by molar-refractivity contribution is -0.385. The normalized spacial score (nSPS) is 21.9. The Morgan fingerprint density at radius 2 is 2.20 bits per heavy atom. The third-order valence-electron chi connectivity index (χ3n) is 3.69. The van der Waals surface area contributed by atoms with Gasteiger partial charge >= 0.3 is 0 Å². The van der Waals surface area contributed by atoms with Gasteiger partial charge < -0.3 is 9.84 Å². The van der Waals surface area contributed by atoms with Gasteiger partial charge in [-0.3, -0.25) is 15.0 Å². The molecule has 7 heteroatoms. The van der Waals surface area contributed by atoms with Crippen molar-refractivity contribution in [3.8, 4) is 11.5 Å². The lowest BCUT2D eigenvalue weighted by atomic mass is 10.0. The smallest absolute Gasteiger partial charge is 0.273 e. The second-order valence-corrected chi connectivity index (χ2v) is 6.50. The van der Waals surface area contributed by atoms with Crippen LogP contribution in [0.5, 0.6) is 11.5 Å². The van der Waals surface area contributed by atoms with Crippen LogP contribution < -0.4 is 4.74 Å². The highest BCUT2D eigenvalue weighted by Gasteiger charge is 2.40. The molecule has 0 aromatic heterocycles. The highest BCUT2D eigenvalue weighted by atomic mass is 32.2. The zero-order valence-electron chi connectivity index (χ0n) is 11.9. The average molecular weight is 298 g/mol. The minimum absolute atomic E-state index is 0.0276. The van der Waals surface area contributed by atoms with E-state index in [4.69, 9.17) is 4.74 Å². The van der Waals surface area contributed by atoms with E-state index in [-0.39, 0.29) is 28.1 Å². The minimum Gasteiger partial charge on any atom is -0.504 e. The summed E-state index contributed by atoms with van der Waals surface area (Å²) in [6.45, 7) is 4.21. The van der Waals surface area contributed by atoms with Gasteiger partial charge in [-0.1, -0.05) is 0 Å². The number of methoxy groups -OCH3 is 1. The van der Waals surface area contributed by atoms with E-state index in [0.29, 0.717) is 5.56 Å². The molecule has 1 aromatic rings. The van der Waals surface area contributed by atoms with Gasteiger partial charge in [0, 0.05) is 22.9 Å². The number of rotatable bonds is 3. The van der Waals surface area contributed by atoms with Crippen LogP contribution in [0.2, 0.25) is 0 Å². The fourth-order valence-corrected chi connectivity index (χ4v) is 3.81. The molecule has 0 amide bonds. The second-order valence-electron chi connectivity index (χ2n) is 5.43. The Morgan fingerprint density at radius 3 is 2.65 bits per heavy atom. The number of hydrogen-bond acceptors (Lipinski definition) is 6. The Bertz CT molecular complexity index is 547. The largest absolute Gasteiger partial charge is 0.504 e. The SMILES string of the molecule is COc1cc([N+](=O)[O-])cc(C2SCC(C)(C)N2C)c1O. The quantitative estimate of drug-likeness (QED) is 0.683. The number of thioether (sulfide) groups is 1. The van der Waals surface area contributed by atoms with Crippen LogP contribution in [-0.2, 0) is 0 Å². The number of phenols is 1. The predicted molar refractivity (Wildman–Crippen MR) is 78.4 cm³/mol. The van der Waals surface area contributed by atoms with E-state index >= 15 is 0 Å². The molecule has 6 nitrogen and oxygen atoms in total. The summed E-state index contributed by atoms with van der Waals surface area (Å²) < 4.78 is 5.04. The van der Waals surface area contributed by atoms with Crippen LogP contribution in [0.4, 0.5) is 5.69 Å². The standard InChI is InChI=1S/C13H18N2O4S/c1-13(2)7-20-12(14(13)3)9-5-8(15(17)18)6-10(19-4)11(9)16/h5-6,12,16H,7H2,1-4H3. The molecule has 0 radical (unpaired) electrons. The predicted octanol–water partition coefficient (Wildman–Crippen LogP) is 2.76. The highest BCUT2D eigenvalue weighted by Crippen LogP contribution is 2.50. The van der Waals surface area contributed by atoms with Crippen molar-refractivity contribution in [2.45, 2.75) is 24.8 Å². The van der Waals surface area contributed by atoms with Crippen LogP contribution in [0.15, 0.2) is 12.1 Å². The summed E-state index contributed by atoms with van der Waals surface area (Å²) >= 11 is 1.65.